The third-order valence-corrected chi connectivity index (χ3v) is 9.23. The quantitative estimate of drug-likeness (QED) is 0.0547. The molecule has 3 unspecified atom stereocenters. The van der Waals surface area contributed by atoms with Crippen molar-refractivity contribution in [1.29, 1.82) is 0 Å². The lowest BCUT2D eigenvalue weighted by molar-refractivity contribution is -0.144. The Morgan fingerprint density at radius 1 is 0.614 bits per heavy atom. The largest absolute Gasteiger partial charge is 0.466 e. The van der Waals surface area contributed by atoms with Gasteiger partial charge in [-0.05, 0) is 83.2 Å². The number of ether oxygens (including phenoxy) is 1. The molecule has 0 saturated heterocycles. The molecule has 262 valence electrons. The average Bonchev–Trinajstić information content (AvgIpc) is 3.00. The van der Waals surface area contributed by atoms with E-state index in [4.69, 9.17) is 9.84 Å². The Balaban J connectivity index is 4.42. The van der Waals surface area contributed by atoms with Crippen molar-refractivity contribution in [1.82, 2.24) is 4.90 Å². The van der Waals surface area contributed by atoms with Crippen molar-refractivity contribution >= 4 is 11.8 Å². The van der Waals surface area contributed by atoms with E-state index in [9.17, 15) is 14.7 Å². The van der Waals surface area contributed by atoms with E-state index in [0.717, 1.165) is 89.6 Å². The summed E-state index contributed by atoms with van der Waals surface area (Å²) in [7, 11) is 0. The molecule has 0 saturated carbocycles. The van der Waals surface area contributed by atoms with E-state index in [1.165, 1.54) is 70.6 Å². The fourth-order valence-corrected chi connectivity index (χ4v) is 6.41. The van der Waals surface area contributed by atoms with Crippen LogP contribution in [0.1, 0.15) is 182 Å². The van der Waals surface area contributed by atoms with Crippen molar-refractivity contribution in [3.8, 4) is 0 Å². The first-order valence-electron chi connectivity index (χ1n) is 19.0. The number of carbonyl (C=O) groups is 2. The molecule has 0 aliphatic carbocycles. The molecule has 0 amide bonds. The molecule has 0 bridgehead atoms. The Kier molecular flexibility index (Phi) is 31.3. The molecule has 2 N–H and O–H groups in total. The Labute approximate surface area is 273 Å². The van der Waals surface area contributed by atoms with E-state index in [1.54, 1.807) is 6.92 Å². The molecular weight excluding hydrogens is 550 g/mol. The third kappa shape index (κ3) is 27.3. The van der Waals surface area contributed by atoms with Crippen LogP contribution in [0.25, 0.3) is 0 Å². The van der Waals surface area contributed by atoms with Crippen LogP contribution in [0, 0.1) is 11.8 Å². The van der Waals surface area contributed by atoms with Crippen LogP contribution < -0.4 is 0 Å². The highest BCUT2D eigenvalue weighted by Crippen LogP contribution is 2.31. The zero-order valence-corrected chi connectivity index (χ0v) is 29.8. The molecule has 0 spiro atoms. The molecule has 0 aromatic heterocycles. The van der Waals surface area contributed by atoms with Crippen LogP contribution in [-0.2, 0) is 14.3 Å². The number of hydrogen-bond acceptors (Lipinski definition) is 6. The number of rotatable bonds is 34. The predicted molar refractivity (Wildman–Crippen MR) is 186 cm³/mol. The Morgan fingerprint density at radius 2 is 1.14 bits per heavy atom. The molecule has 0 radical (unpaired) electrons. The maximum atomic E-state index is 12.5. The molecule has 0 aliphatic heterocycles. The number of ketones is 1. The van der Waals surface area contributed by atoms with Crippen molar-refractivity contribution < 1.29 is 24.5 Å². The maximum absolute atomic E-state index is 12.5. The van der Waals surface area contributed by atoms with Crippen molar-refractivity contribution in [2.45, 2.75) is 188 Å². The molecule has 0 fully saturated rings. The lowest BCUT2D eigenvalue weighted by atomic mass is 9.79. The Bertz CT molecular complexity index is 643. The van der Waals surface area contributed by atoms with E-state index in [2.05, 4.69) is 25.7 Å². The van der Waals surface area contributed by atoms with Gasteiger partial charge in [0.15, 0.2) is 0 Å². The topological polar surface area (TPSA) is 87.1 Å². The highest BCUT2D eigenvalue weighted by atomic mass is 16.5. The molecule has 0 aromatic rings. The number of esters is 1. The zero-order valence-electron chi connectivity index (χ0n) is 29.8. The summed E-state index contributed by atoms with van der Waals surface area (Å²) in [6.45, 7) is 11.8. The average molecular weight is 626 g/mol. The Hall–Kier alpha value is -0.980. The molecule has 44 heavy (non-hydrogen) atoms. The van der Waals surface area contributed by atoms with Crippen molar-refractivity contribution in [3.63, 3.8) is 0 Å². The van der Waals surface area contributed by atoms with Gasteiger partial charge in [0.05, 0.1) is 12.7 Å². The fourth-order valence-electron chi connectivity index (χ4n) is 6.41. The first kappa shape index (κ1) is 43.0. The van der Waals surface area contributed by atoms with Crippen LogP contribution in [0.5, 0.6) is 0 Å². The number of unbranched alkanes of at least 4 members (excludes halogenated alkanes) is 11. The minimum absolute atomic E-state index is 0.0364. The van der Waals surface area contributed by atoms with E-state index in [0.29, 0.717) is 31.9 Å². The summed E-state index contributed by atoms with van der Waals surface area (Å²) in [5, 5.41) is 19.6. The minimum atomic E-state index is -0.362. The molecule has 3 atom stereocenters. The summed E-state index contributed by atoms with van der Waals surface area (Å²) in [5.74, 6) is 1.64. The van der Waals surface area contributed by atoms with Crippen LogP contribution in [0.15, 0.2) is 0 Å². The van der Waals surface area contributed by atoms with Crippen LogP contribution in [-0.4, -0.2) is 65.8 Å². The van der Waals surface area contributed by atoms with Gasteiger partial charge < -0.3 is 24.6 Å². The van der Waals surface area contributed by atoms with Gasteiger partial charge in [-0.3, -0.25) is 4.79 Å². The number of Topliss-reactive ketones (excluding diaryl/α,β-unsaturated/α-hetero) is 1. The molecule has 0 aliphatic rings. The SMILES string of the molecule is CCCCCCC(CCCC)C(CCCC)CCOC(=O)CCCCCCN(CCCCCO)CC(O)CCCCC(C)=O. The summed E-state index contributed by atoms with van der Waals surface area (Å²) in [4.78, 5) is 26.0. The summed E-state index contributed by atoms with van der Waals surface area (Å²) in [6, 6.07) is 0. The van der Waals surface area contributed by atoms with Gasteiger partial charge in [0.25, 0.3) is 0 Å². The minimum Gasteiger partial charge on any atom is -0.466 e. The van der Waals surface area contributed by atoms with Crippen molar-refractivity contribution in [2.75, 3.05) is 32.8 Å². The van der Waals surface area contributed by atoms with Gasteiger partial charge in [0, 0.05) is 26.0 Å². The van der Waals surface area contributed by atoms with E-state index in [1.807, 2.05) is 0 Å². The number of carbonyl (C=O) groups excluding carboxylic acids is 2. The molecule has 0 aromatic carbocycles. The summed E-state index contributed by atoms with van der Waals surface area (Å²) in [5.41, 5.74) is 0. The van der Waals surface area contributed by atoms with Crippen molar-refractivity contribution in [2.24, 2.45) is 11.8 Å². The van der Waals surface area contributed by atoms with Crippen LogP contribution in [0.4, 0.5) is 0 Å². The van der Waals surface area contributed by atoms with Gasteiger partial charge in [-0.15, -0.1) is 0 Å². The molecule has 0 rings (SSSR count). The first-order valence-corrected chi connectivity index (χ1v) is 19.0. The third-order valence-electron chi connectivity index (χ3n) is 9.23. The second-order valence-electron chi connectivity index (χ2n) is 13.5. The predicted octanol–water partition coefficient (Wildman–Crippen LogP) is 9.43. The highest BCUT2D eigenvalue weighted by Gasteiger charge is 2.21. The molecule has 6 heteroatoms. The van der Waals surface area contributed by atoms with Crippen LogP contribution in [0.2, 0.25) is 0 Å². The Morgan fingerprint density at radius 3 is 1.75 bits per heavy atom. The van der Waals surface area contributed by atoms with Crippen LogP contribution in [0.3, 0.4) is 0 Å². The smallest absolute Gasteiger partial charge is 0.305 e. The standard InChI is InChI=1S/C38H75NO5/c1-5-8-11-15-25-35(23-9-6-2)36(24-10-7-3)28-32-44-38(43)27-16-12-13-19-29-39(30-20-14-21-31-40)33-37(42)26-18-17-22-34(4)41/h35-37,40,42H,5-33H2,1-4H3. The number of aliphatic hydroxyl groups excluding tert-OH is 2. The van der Waals surface area contributed by atoms with Gasteiger partial charge in [0.2, 0.25) is 0 Å². The normalized spacial score (nSPS) is 13.7. The van der Waals surface area contributed by atoms with Gasteiger partial charge in [-0.2, -0.15) is 0 Å². The molecular formula is C38H75NO5. The fraction of sp³-hybridized carbons (Fsp3) is 0.947. The van der Waals surface area contributed by atoms with E-state index in [-0.39, 0.29) is 24.5 Å². The number of hydrogen-bond donors (Lipinski definition) is 2. The summed E-state index contributed by atoms with van der Waals surface area (Å²) in [6.07, 6.45) is 25.5. The number of aliphatic hydroxyl groups is 2. The molecule has 6 nitrogen and oxygen atoms in total. The first-order chi connectivity index (χ1) is 21.4. The van der Waals surface area contributed by atoms with Gasteiger partial charge in [0.1, 0.15) is 5.78 Å². The van der Waals surface area contributed by atoms with E-state index >= 15 is 0 Å². The molecule has 0 heterocycles. The van der Waals surface area contributed by atoms with Gasteiger partial charge in [-0.1, -0.05) is 111 Å². The maximum Gasteiger partial charge on any atom is 0.305 e. The second kappa shape index (κ2) is 32.0. The lowest BCUT2D eigenvalue weighted by Crippen LogP contribution is -2.34. The highest BCUT2D eigenvalue weighted by molar-refractivity contribution is 5.75. The van der Waals surface area contributed by atoms with Gasteiger partial charge in [-0.25, -0.2) is 0 Å². The van der Waals surface area contributed by atoms with E-state index < -0.39 is 0 Å². The summed E-state index contributed by atoms with van der Waals surface area (Å²) >= 11 is 0. The second-order valence-corrected chi connectivity index (χ2v) is 13.5. The van der Waals surface area contributed by atoms with Crippen LogP contribution >= 0.6 is 0 Å². The monoisotopic (exact) mass is 626 g/mol. The zero-order chi connectivity index (χ0) is 32.7. The lowest BCUT2D eigenvalue weighted by Gasteiger charge is -2.27. The van der Waals surface area contributed by atoms with Gasteiger partial charge >= 0.3 is 5.97 Å². The summed E-state index contributed by atoms with van der Waals surface area (Å²) < 4.78 is 5.74. The number of nitrogens with zero attached hydrogens (tertiary/aromatic N) is 1. The van der Waals surface area contributed by atoms with Crippen molar-refractivity contribution in [3.05, 3.63) is 0 Å².